The molecule has 6 nitrogen and oxygen atoms in total. The molecule has 0 saturated heterocycles. The summed E-state index contributed by atoms with van der Waals surface area (Å²) in [7, 11) is -3.80. The van der Waals surface area contributed by atoms with Crippen LogP contribution in [0, 0.1) is 24.0 Å². The molecule has 0 aromatic heterocycles. The summed E-state index contributed by atoms with van der Waals surface area (Å²) >= 11 is 0. The van der Waals surface area contributed by atoms with Gasteiger partial charge in [0.2, 0.25) is 10.0 Å². The van der Waals surface area contributed by atoms with E-state index in [1.165, 1.54) is 12.1 Å². The normalized spacial score (nSPS) is 11.4. The molecule has 2 aromatic rings. The highest BCUT2D eigenvalue weighted by Gasteiger charge is 2.19. The average molecular weight is 320 g/mol. The summed E-state index contributed by atoms with van der Waals surface area (Å²) in [5, 5.41) is 10.9. The van der Waals surface area contributed by atoms with Crippen molar-refractivity contribution in [3.05, 3.63) is 69.3 Å². The topological polar surface area (TPSA) is 89.3 Å². The summed E-state index contributed by atoms with van der Waals surface area (Å²) in [4.78, 5) is 10.2. The number of benzene rings is 2. The van der Waals surface area contributed by atoms with Crippen LogP contribution in [0.15, 0.2) is 47.4 Å². The molecule has 0 aliphatic carbocycles. The van der Waals surface area contributed by atoms with E-state index in [9.17, 15) is 18.5 Å². The minimum atomic E-state index is -3.80. The first-order chi connectivity index (χ1) is 10.3. The third-order valence-electron chi connectivity index (χ3n) is 3.24. The van der Waals surface area contributed by atoms with Gasteiger partial charge in [0.15, 0.2) is 0 Å². The lowest BCUT2D eigenvalue weighted by molar-refractivity contribution is -0.385. The predicted octanol–water partition coefficient (Wildman–Crippen LogP) is 2.69. The van der Waals surface area contributed by atoms with Crippen LogP contribution in [-0.2, 0) is 16.6 Å². The van der Waals surface area contributed by atoms with Gasteiger partial charge in [0, 0.05) is 18.2 Å². The molecular formula is C15H16N2O4S. The summed E-state index contributed by atoms with van der Waals surface area (Å²) in [5.74, 6) is 0. The molecule has 0 bridgehead atoms. The molecule has 0 unspecified atom stereocenters. The minimum Gasteiger partial charge on any atom is -0.258 e. The fourth-order valence-corrected chi connectivity index (χ4v) is 3.07. The van der Waals surface area contributed by atoms with Gasteiger partial charge in [-0.15, -0.1) is 0 Å². The van der Waals surface area contributed by atoms with E-state index < -0.39 is 14.9 Å². The molecule has 2 rings (SSSR count). The number of nitro groups is 1. The Labute approximate surface area is 129 Å². The third-order valence-corrected chi connectivity index (χ3v) is 4.64. The molecule has 2 aromatic carbocycles. The molecule has 0 aliphatic heterocycles. The predicted molar refractivity (Wildman–Crippen MR) is 83.0 cm³/mol. The summed E-state index contributed by atoms with van der Waals surface area (Å²) in [5.41, 5.74) is 2.06. The highest BCUT2D eigenvalue weighted by Crippen LogP contribution is 2.22. The molecule has 22 heavy (non-hydrogen) atoms. The average Bonchev–Trinajstić information content (AvgIpc) is 2.45. The van der Waals surface area contributed by atoms with Crippen LogP contribution in [0.2, 0.25) is 0 Å². The van der Waals surface area contributed by atoms with Crippen LogP contribution in [0.4, 0.5) is 5.69 Å². The maximum absolute atomic E-state index is 12.2. The SMILES string of the molecule is Cc1cccc(CNS(=O)(=O)c2ccc(C)c([N+](=O)[O-])c2)c1. The van der Waals surface area contributed by atoms with E-state index in [0.717, 1.165) is 17.2 Å². The van der Waals surface area contributed by atoms with Gasteiger partial charge in [-0.3, -0.25) is 10.1 Å². The highest BCUT2D eigenvalue weighted by atomic mass is 32.2. The maximum atomic E-state index is 12.2. The smallest absolute Gasteiger partial charge is 0.258 e. The standard InChI is InChI=1S/C15H16N2O4S/c1-11-4-3-5-13(8-11)10-16-22(20,21)14-7-6-12(2)15(9-14)17(18)19/h3-9,16H,10H2,1-2H3. The second-order valence-corrected chi connectivity index (χ2v) is 6.79. The van der Waals surface area contributed by atoms with Crippen LogP contribution in [-0.4, -0.2) is 13.3 Å². The van der Waals surface area contributed by atoms with Gasteiger partial charge in [0.25, 0.3) is 5.69 Å². The summed E-state index contributed by atoms with van der Waals surface area (Å²) in [6.45, 7) is 3.61. The van der Waals surface area contributed by atoms with E-state index in [-0.39, 0.29) is 17.1 Å². The van der Waals surface area contributed by atoms with Crippen LogP contribution in [0.3, 0.4) is 0 Å². The van der Waals surface area contributed by atoms with E-state index >= 15 is 0 Å². The zero-order valence-electron chi connectivity index (χ0n) is 12.2. The Hall–Kier alpha value is -2.25. The molecule has 1 N–H and O–H groups in total. The van der Waals surface area contributed by atoms with Crippen LogP contribution in [0.25, 0.3) is 0 Å². The molecule has 0 saturated carbocycles. The van der Waals surface area contributed by atoms with E-state index in [4.69, 9.17) is 0 Å². The number of rotatable bonds is 5. The van der Waals surface area contributed by atoms with Gasteiger partial charge in [0.1, 0.15) is 0 Å². The number of nitrogens with one attached hydrogen (secondary N) is 1. The largest absolute Gasteiger partial charge is 0.273 e. The molecule has 0 fully saturated rings. The second kappa shape index (κ2) is 6.25. The van der Waals surface area contributed by atoms with Crippen molar-refractivity contribution in [1.82, 2.24) is 4.72 Å². The Balaban J connectivity index is 2.24. The van der Waals surface area contributed by atoms with Gasteiger partial charge in [0.05, 0.1) is 9.82 Å². The van der Waals surface area contributed by atoms with Gasteiger partial charge < -0.3 is 0 Å². The zero-order chi connectivity index (χ0) is 16.3. The summed E-state index contributed by atoms with van der Waals surface area (Å²) in [6.07, 6.45) is 0. The molecular weight excluding hydrogens is 304 g/mol. The Morgan fingerprint density at radius 1 is 1.14 bits per heavy atom. The molecule has 0 atom stereocenters. The minimum absolute atomic E-state index is 0.113. The van der Waals surface area contributed by atoms with E-state index in [2.05, 4.69) is 4.72 Å². The molecule has 0 spiro atoms. The molecule has 0 heterocycles. The number of hydrogen-bond donors (Lipinski definition) is 1. The molecule has 0 aliphatic rings. The van der Waals surface area contributed by atoms with Crippen molar-refractivity contribution in [2.45, 2.75) is 25.3 Å². The summed E-state index contributed by atoms with van der Waals surface area (Å²) in [6, 6.07) is 11.3. The van der Waals surface area contributed by atoms with Gasteiger partial charge in [-0.1, -0.05) is 35.9 Å². The lowest BCUT2D eigenvalue weighted by atomic mass is 10.1. The zero-order valence-corrected chi connectivity index (χ0v) is 13.1. The first-order valence-corrected chi connectivity index (χ1v) is 8.08. The summed E-state index contributed by atoms with van der Waals surface area (Å²) < 4.78 is 26.9. The van der Waals surface area contributed by atoms with Crippen LogP contribution < -0.4 is 4.72 Å². The Morgan fingerprint density at radius 2 is 1.86 bits per heavy atom. The number of aryl methyl sites for hydroxylation is 2. The molecule has 0 radical (unpaired) electrons. The molecule has 116 valence electrons. The Morgan fingerprint density at radius 3 is 2.50 bits per heavy atom. The number of nitro benzene ring substituents is 1. The first-order valence-electron chi connectivity index (χ1n) is 6.60. The van der Waals surface area contributed by atoms with Gasteiger partial charge >= 0.3 is 0 Å². The number of nitrogens with zero attached hydrogens (tertiary/aromatic N) is 1. The van der Waals surface area contributed by atoms with Gasteiger partial charge in [-0.25, -0.2) is 13.1 Å². The van der Waals surface area contributed by atoms with Crippen molar-refractivity contribution in [1.29, 1.82) is 0 Å². The van der Waals surface area contributed by atoms with Gasteiger partial charge in [-0.05, 0) is 25.5 Å². The third kappa shape index (κ3) is 3.69. The molecule has 0 amide bonds. The lowest BCUT2D eigenvalue weighted by Gasteiger charge is -2.08. The molecule has 7 heteroatoms. The van der Waals surface area contributed by atoms with Crippen molar-refractivity contribution < 1.29 is 13.3 Å². The van der Waals surface area contributed by atoms with Crippen molar-refractivity contribution in [3.63, 3.8) is 0 Å². The monoisotopic (exact) mass is 320 g/mol. The quantitative estimate of drug-likeness (QED) is 0.677. The van der Waals surface area contributed by atoms with Crippen molar-refractivity contribution in [2.75, 3.05) is 0 Å². The van der Waals surface area contributed by atoms with E-state index in [1.54, 1.807) is 6.92 Å². The highest BCUT2D eigenvalue weighted by molar-refractivity contribution is 7.89. The number of hydrogen-bond acceptors (Lipinski definition) is 4. The fraction of sp³-hybridized carbons (Fsp3) is 0.200. The van der Waals surface area contributed by atoms with E-state index in [1.807, 2.05) is 31.2 Å². The first kappa shape index (κ1) is 16.1. The maximum Gasteiger partial charge on any atom is 0.273 e. The second-order valence-electron chi connectivity index (χ2n) is 5.02. The van der Waals surface area contributed by atoms with Crippen LogP contribution in [0.1, 0.15) is 16.7 Å². The van der Waals surface area contributed by atoms with Crippen molar-refractivity contribution >= 4 is 15.7 Å². The van der Waals surface area contributed by atoms with Gasteiger partial charge in [-0.2, -0.15) is 0 Å². The Kier molecular flexibility index (Phi) is 4.58. The van der Waals surface area contributed by atoms with Crippen molar-refractivity contribution in [3.8, 4) is 0 Å². The van der Waals surface area contributed by atoms with Crippen LogP contribution >= 0.6 is 0 Å². The lowest BCUT2D eigenvalue weighted by Crippen LogP contribution is -2.23. The van der Waals surface area contributed by atoms with Crippen molar-refractivity contribution in [2.24, 2.45) is 0 Å². The Bertz CT molecular complexity index is 816. The number of sulfonamides is 1. The fourth-order valence-electron chi connectivity index (χ4n) is 2.04. The van der Waals surface area contributed by atoms with E-state index in [0.29, 0.717) is 5.56 Å². The van der Waals surface area contributed by atoms with Crippen LogP contribution in [0.5, 0.6) is 0 Å².